The van der Waals surface area contributed by atoms with Gasteiger partial charge in [-0.15, -0.1) is 0 Å². The predicted molar refractivity (Wildman–Crippen MR) is 80.9 cm³/mol. The Hall–Kier alpha value is -1.66. The summed E-state index contributed by atoms with van der Waals surface area (Å²) >= 11 is 0. The van der Waals surface area contributed by atoms with Crippen molar-refractivity contribution in [3.05, 3.63) is 35.1 Å². The highest BCUT2D eigenvalue weighted by molar-refractivity contribution is 5.97. The minimum atomic E-state index is -0.340. The van der Waals surface area contributed by atoms with Gasteiger partial charge in [0.2, 0.25) is 0 Å². The Morgan fingerprint density at radius 1 is 1.57 bits per heavy atom. The number of nitrogens with one attached hydrogen (secondary N) is 1. The highest BCUT2D eigenvalue weighted by Crippen LogP contribution is 2.17. The number of piperidine rings is 1. The molecule has 0 saturated carbocycles. The van der Waals surface area contributed by atoms with E-state index < -0.39 is 0 Å². The van der Waals surface area contributed by atoms with Crippen molar-refractivity contribution in [2.45, 2.75) is 38.4 Å². The number of rotatable bonds is 4. The van der Waals surface area contributed by atoms with Crippen molar-refractivity contribution in [3.8, 4) is 0 Å². The van der Waals surface area contributed by atoms with Crippen LogP contribution in [0.2, 0.25) is 0 Å². The minimum Gasteiger partial charge on any atom is -0.409 e. The van der Waals surface area contributed by atoms with Crippen molar-refractivity contribution in [3.63, 3.8) is 0 Å². The largest absolute Gasteiger partial charge is 0.409 e. The molecular formula is C15H23FN4O. The van der Waals surface area contributed by atoms with Gasteiger partial charge >= 0.3 is 0 Å². The quantitative estimate of drug-likeness (QED) is 0.340. The molecule has 1 fully saturated rings. The maximum atomic E-state index is 14.0. The van der Waals surface area contributed by atoms with Crippen LogP contribution in [0.3, 0.4) is 0 Å². The number of nitrogens with zero attached hydrogens (tertiary/aromatic N) is 2. The molecule has 0 radical (unpaired) electrons. The molecule has 6 heteroatoms. The van der Waals surface area contributed by atoms with Crippen molar-refractivity contribution in [1.82, 2.24) is 10.2 Å². The summed E-state index contributed by atoms with van der Waals surface area (Å²) in [5.41, 5.74) is 6.42. The Morgan fingerprint density at radius 3 is 2.95 bits per heavy atom. The van der Waals surface area contributed by atoms with Gasteiger partial charge in [-0.2, -0.15) is 0 Å². The Bertz CT molecular complexity index is 520. The molecule has 1 saturated heterocycles. The highest BCUT2D eigenvalue weighted by Gasteiger charge is 2.22. The van der Waals surface area contributed by atoms with Crippen LogP contribution in [0.15, 0.2) is 23.4 Å². The molecule has 4 N–H and O–H groups in total. The summed E-state index contributed by atoms with van der Waals surface area (Å²) in [5.74, 6) is -0.426. The standard InChI is InChI=1S/C15H23FN4O/c1-10-7-13(5-6-20(10)2)18-9-12-4-3-11(8-14(12)16)15(17)19-21/h3-4,8,10,13,18,21H,5-7,9H2,1-2H3,(H2,17,19). The van der Waals surface area contributed by atoms with Gasteiger partial charge in [-0.25, -0.2) is 4.39 Å². The second-order valence-electron chi connectivity index (χ2n) is 5.72. The van der Waals surface area contributed by atoms with Gasteiger partial charge in [-0.05, 0) is 39.4 Å². The Labute approximate surface area is 124 Å². The molecule has 2 rings (SSSR count). The Balaban J connectivity index is 1.95. The molecule has 1 heterocycles. The molecule has 1 aromatic carbocycles. The first-order valence-corrected chi connectivity index (χ1v) is 7.21. The van der Waals surface area contributed by atoms with Crippen molar-refractivity contribution >= 4 is 5.84 Å². The third kappa shape index (κ3) is 3.92. The summed E-state index contributed by atoms with van der Waals surface area (Å²) in [6.07, 6.45) is 2.14. The third-order valence-electron chi connectivity index (χ3n) is 4.25. The normalized spacial score (nSPS) is 24.2. The molecule has 1 aromatic rings. The van der Waals surface area contributed by atoms with Gasteiger partial charge in [0, 0.05) is 29.8 Å². The molecule has 0 aromatic heterocycles. The second-order valence-corrected chi connectivity index (χ2v) is 5.72. The average molecular weight is 294 g/mol. The third-order valence-corrected chi connectivity index (χ3v) is 4.25. The summed E-state index contributed by atoms with van der Waals surface area (Å²) in [6.45, 7) is 3.76. The molecule has 2 atom stereocenters. The summed E-state index contributed by atoms with van der Waals surface area (Å²) in [7, 11) is 2.13. The van der Waals surface area contributed by atoms with E-state index in [1.54, 1.807) is 12.1 Å². The number of halogens is 1. The van der Waals surface area contributed by atoms with Crippen molar-refractivity contribution < 1.29 is 9.60 Å². The minimum absolute atomic E-state index is 0.0856. The number of amidine groups is 1. The summed E-state index contributed by atoms with van der Waals surface area (Å²) in [6, 6.07) is 5.59. The molecule has 5 nitrogen and oxygen atoms in total. The van der Waals surface area contributed by atoms with Crippen LogP contribution in [0.1, 0.15) is 30.9 Å². The maximum Gasteiger partial charge on any atom is 0.170 e. The molecule has 0 amide bonds. The van der Waals surface area contributed by atoms with Gasteiger partial charge in [0.15, 0.2) is 5.84 Å². The first kappa shape index (κ1) is 15.7. The van der Waals surface area contributed by atoms with Gasteiger partial charge in [-0.3, -0.25) is 0 Å². The first-order chi connectivity index (χ1) is 10.0. The molecule has 0 aliphatic carbocycles. The predicted octanol–water partition coefficient (Wildman–Crippen LogP) is 1.49. The van der Waals surface area contributed by atoms with E-state index in [1.165, 1.54) is 6.07 Å². The van der Waals surface area contributed by atoms with E-state index in [2.05, 4.69) is 29.3 Å². The lowest BCUT2D eigenvalue weighted by atomic mass is 9.98. The van der Waals surface area contributed by atoms with E-state index in [4.69, 9.17) is 10.9 Å². The fourth-order valence-corrected chi connectivity index (χ4v) is 2.64. The molecular weight excluding hydrogens is 271 g/mol. The van der Waals surface area contributed by atoms with E-state index in [0.29, 0.717) is 29.8 Å². The smallest absolute Gasteiger partial charge is 0.170 e. The molecule has 21 heavy (non-hydrogen) atoms. The van der Waals surface area contributed by atoms with Crippen molar-refractivity contribution in [1.29, 1.82) is 0 Å². The van der Waals surface area contributed by atoms with E-state index >= 15 is 0 Å². The van der Waals surface area contributed by atoms with Crippen molar-refractivity contribution in [2.75, 3.05) is 13.6 Å². The lowest BCUT2D eigenvalue weighted by Gasteiger charge is -2.35. The van der Waals surface area contributed by atoms with Crippen LogP contribution < -0.4 is 11.1 Å². The van der Waals surface area contributed by atoms with Gasteiger partial charge in [0.25, 0.3) is 0 Å². The van der Waals surface area contributed by atoms with Crippen LogP contribution in [0.4, 0.5) is 4.39 Å². The van der Waals surface area contributed by atoms with E-state index in [9.17, 15) is 4.39 Å². The molecule has 0 bridgehead atoms. The lowest BCUT2D eigenvalue weighted by molar-refractivity contribution is 0.168. The molecule has 2 unspecified atom stereocenters. The number of likely N-dealkylation sites (tertiary alicyclic amines) is 1. The van der Waals surface area contributed by atoms with Crippen LogP contribution in [-0.4, -0.2) is 41.6 Å². The molecule has 1 aliphatic heterocycles. The highest BCUT2D eigenvalue weighted by atomic mass is 19.1. The van der Waals surface area contributed by atoms with Crippen LogP contribution in [0.5, 0.6) is 0 Å². The molecule has 1 aliphatic rings. The fraction of sp³-hybridized carbons (Fsp3) is 0.533. The number of benzene rings is 1. The van der Waals surface area contributed by atoms with E-state index in [0.717, 1.165) is 19.4 Å². The summed E-state index contributed by atoms with van der Waals surface area (Å²) < 4.78 is 14.0. The zero-order chi connectivity index (χ0) is 15.4. The average Bonchev–Trinajstić information content (AvgIpc) is 2.48. The zero-order valence-electron chi connectivity index (χ0n) is 12.5. The first-order valence-electron chi connectivity index (χ1n) is 7.21. The Morgan fingerprint density at radius 2 is 2.33 bits per heavy atom. The van der Waals surface area contributed by atoms with Crippen LogP contribution >= 0.6 is 0 Å². The second kappa shape index (κ2) is 6.87. The monoisotopic (exact) mass is 294 g/mol. The van der Waals surface area contributed by atoms with Gasteiger partial charge < -0.3 is 21.2 Å². The summed E-state index contributed by atoms with van der Waals surface area (Å²) in [5, 5.41) is 14.9. The Kier molecular flexibility index (Phi) is 5.14. The molecule has 0 spiro atoms. The van der Waals surface area contributed by atoms with Gasteiger partial charge in [0.1, 0.15) is 5.82 Å². The van der Waals surface area contributed by atoms with E-state index in [-0.39, 0.29) is 11.7 Å². The molecule has 116 valence electrons. The number of hydrogen-bond donors (Lipinski definition) is 3. The van der Waals surface area contributed by atoms with E-state index in [1.807, 2.05) is 0 Å². The van der Waals surface area contributed by atoms with Crippen LogP contribution in [0, 0.1) is 5.82 Å². The SMILES string of the molecule is CC1CC(NCc2ccc(/C(N)=N/O)cc2F)CCN1C. The lowest BCUT2D eigenvalue weighted by Crippen LogP contribution is -2.45. The number of nitrogens with two attached hydrogens (primary N) is 1. The summed E-state index contributed by atoms with van der Waals surface area (Å²) in [4.78, 5) is 2.34. The maximum absolute atomic E-state index is 14.0. The number of hydrogen-bond acceptors (Lipinski definition) is 4. The zero-order valence-corrected chi connectivity index (χ0v) is 12.5. The van der Waals surface area contributed by atoms with Crippen LogP contribution in [-0.2, 0) is 6.54 Å². The van der Waals surface area contributed by atoms with Crippen LogP contribution in [0.25, 0.3) is 0 Å². The van der Waals surface area contributed by atoms with Gasteiger partial charge in [0.05, 0.1) is 0 Å². The van der Waals surface area contributed by atoms with Crippen molar-refractivity contribution in [2.24, 2.45) is 10.9 Å². The van der Waals surface area contributed by atoms with Gasteiger partial charge in [-0.1, -0.05) is 17.3 Å². The number of oxime groups is 1. The topological polar surface area (TPSA) is 73.9 Å². The fourth-order valence-electron chi connectivity index (χ4n) is 2.64.